The van der Waals surface area contributed by atoms with Crippen LogP contribution < -0.4 is 5.32 Å². The van der Waals surface area contributed by atoms with E-state index in [0.717, 1.165) is 17.9 Å². The van der Waals surface area contributed by atoms with E-state index in [9.17, 15) is 4.79 Å². The van der Waals surface area contributed by atoms with Crippen molar-refractivity contribution in [2.24, 2.45) is 0 Å². The van der Waals surface area contributed by atoms with Crippen molar-refractivity contribution in [2.45, 2.75) is 33.6 Å². The van der Waals surface area contributed by atoms with E-state index in [4.69, 9.17) is 0 Å². The number of unbranched alkanes of at least 4 members (excludes halogenated alkanes) is 1. The fourth-order valence-electron chi connectivity index (χ4n) is 0.719. The Bertz CT molecular complexity index is 209. The number of rotatable bonds is 5. The molecule has 2 nitrogen and oxygen atoms in total. The lowest BCUT2D eigenvalue weighted by atomic mass is 10.3. The molecule has 1 N–H and O–H groups in total. The number of nitrogens with one attached hydrogen (secondary N) is 1. The van der Waals surface area contributed by atoms with E-state index in [1.165, 1.54) is 18.7 Å². The van der Waals surface area contributed by atoms with E-state index < -0.39 is 0 Å². The van der Waals surface area contributed by atoms with Crippen LogP contribution >= 0.6 is 11.8 Å². The molecule has 0 saturated heterocycles. The summed E-state index contributed by atoms with van der Waals surface area (Å²) >= 11 is 1.54. The van der Waals surface area contributed by atoms with Gasteiger partial charge in [0.1, 0.15) is 0 Å². The molecule has 0 fully saturated rings. The first kappa shape index (κ1) is 12.3. The summed E-state index contributed by atoms with van der Waals surface area (Å²) in [7, 11) is 0. The van der Waals surface area contributed by atoms with Gasteiger partial charge in [-0.25, -0.2) is 0 Å². The van der Waals surface area contributed by atoms with Crippen molar-refractivity contribution in [3.8, 4) is 0 Å². The lowest BCUT2D eigenvalue weighted by Crippen LogP contribution is -2.16. The third-order valence-electron chi connectivity index (χ3n) is 1.25. The minimum atomic E-state index is -0.0145. The average molecular weight is 199 g/mol. The number of amides is 1. The van der Waals surface area contributed by atoms with E-state index in [1.54, 1.807) is 0 Å². The van der Waals surface area contributed by atoms with Gasteiger partial charge in [0.2, 0.25) is 5.91 Å². The molecular weight excluding hydrogens is 182 g/mol. The van der Waals surface area contributed by atoms with Gasteiger partial charge >= 0.3 is 0 Å². The summed E-state index contributed by atoms with van der Waals surface area (Å²) in [6.07, 6.45) is 6.10. The third-order valence-corrected chi connectivity index (χ3v) is 2.18. The monoisotopic (exact) mass is 199 g/mol. The second-order valence-electron chi connectivity index (χ2n) is 2.63. The smallest absolute Gasteiger partial charge is 0.221 e. The Labute approximate surface area is 84.5 Å². The maximum Gasteiger partial charge on any atom is 0.221 e. The highest BCUT2D eigenvalue weighted by Gasteiger charge is 1.96. The summed E-state index contributed by atoms with van der Waals surface area (Å²) in [5.41, 5.74) is 0. The van der Waals surface area contributed by atoms with Gasteiger partial charge < -0.3 is 5.32 Å². The van der Waals surface area contributed by atoms with Crippen LogP contribution in [0, 0.1) is 0 Å². The zero-order valence-electron chi connectivity index (χ0n) is 8.46. The zero-order valence-corrected chi connectivity index (χ0v) is 9.28. The zero-order chi connectivity index (χ0) is 10.1. The minimum absolute atomic E-state index is 0.0145. The van der Waals surface area contributed by atoms with Crippen molar-refractivity contribution in [2.75, 3.05) is 0 Å². The highest BCUT2D eigenvalue weighted by atomic mass is 32.2. The number of carbonyl (C=O) groups excluding carboxylic acids is 1. The van der Waals surface area contributed by atoms with Gasteiger partial charge in [-0.15, -0.1) is 0 Å². The maximum atomic E-state index is 10.8. The molecule has 0 saturated carbocycles. The van der Waals surface area contributed by atoms with E-state index in [-0.39, 0.29) is 5.91 Å². The Morgan fingerprint density at radius 3 is 2.69 bits per heavy atom. The first-order valence-electron chi connectivity index (χ1n) is 4.46. The van der Waals surface area contributed by atoms with Crippen molar-refractivity contribution in [1.82, 2.24) is 5.32 Å². The van der Waals surface area contributed by atoms with Crippen LogP contribution in [0.1, 0.15) is 33.6 Å². The molecule has 0 unspecified atom stereocenters. The molecule has 0 rings (SSSR count). The summed E-state index contributed by atoms with van der Waals surface area (Å²) < 4.78 is 0. The van der Waals surface area contributed by atoms with Gasteiger partial charge in [0.15, 0.2) is 0 Å². The van der Waals surface area contributed by atoms with E-state index >= 15 is 0 Å². The van der Waals surface area contributed by atoms with Crippen molar-refractivity contribution < 1.29 is 4.79 Å². The molecule has 0 spiro atoms. The topological polar surface area (TPSA) is 29.1 Å². The first-order chi connectivity index (χ1) is 6.20. The Morgan fingerprint density at radius 1 is 1.54 bits per heavy atom. The molecule has 3 heteroatoms. The molecule has 74 valence electrons. The van der Waals surface area contributed by atoms with Crippen molar-refractivity contribution in [3.05, 3.63) is 22.6 Å². The average Bonchev–Trinajstić information content (AvgIpc) is 2.09. The van der Waals surface area contributed by atoms with Crippen LogP contribution in [-0.4, -0.2) is 5.91 Å². The fourth-order valence-corrected chi connectivity index (χ4v) is 1.42. The number of hydrogen-bond donors (Lipinski definition) is 1. The Morgan fingerprint density at radius 2 is 2.23 bits per heavy atom. The minimum Gasteiger partial charge on any atom is -0.321 e. The molecule has 1 amide bonds. The van der Waals surface area contributed by atoms with Crippen LogP contribution in [-0.2, 0) is 4.79 Å². The van der Waals surface area contributed by atoms with Crippen molar-refractivity contribution in [1.29, 1.82) is 0 Å². The van der Waals surface area contributed by atoms with Gasteiger partial charge in [0, 0.05) is 6.92 Å². The molecule has 0 aliphatic rings. The summed E-state index contributed by atoms with van der Waals surface area (Å²) in [4.78, 5) is 10.8. The molecule has 0 atom stereocenters. The highest BCUT2D eigenvalue weighted by molar-refractivity contribution is 8.05. The summed E-state index contributed by atoms with van der Waals surface area (Å²) in [5, 5.41) is 5.66. The molecule has 0 aromatic heterocycles. The molecule has 13 heavy (non-hydrogen) atoms. The van der Waals surface area contributed by atoms with Gasteiger partial charge in [-0.3, -0.25) is 4.79 Å². The predicted octanol–water partition coefficient (Wildman–Crippen LogP) is 3.03. The van der Waals surface area contributed by atoms with E-state index in [1.807, 2.05) is 24.5 Å². The summed E-state index contributed by atoms with van der Waals surface area (Å²) in [6.45, 7) is 5.59. The first-order valence-corrected chi connectivity index (χ1v) is 5.34. The molecular formula is C10H17NOS. The third kappa shape index (κ3) is 7.65. The van der Waals surface area contributed by atoms with E-state index in [2.05, 4.69) is 12.2 Å². The van der Waals surface area contributed by atoms with Gasteiger partial charge in [0.05, 0.1) is 5.03 Å². The van der Waals surface area contributed by atoms with Gasteiger partial charge in [0.25, 0.3) is 0 Å². The van der Waals surface area contributed by atoms with Crippen LogP contribution in [0.2, 0.25) is 0 Å². The standard InChI is InChI=1S/C10H17NOS/c1-4-6-7-10(11-9(3)12)13-8-5-2/h5,7-8H,4,6H2,1-3H3,(H,11,12). The molecule has 0 aromatic rings. The summed E-state index contributed by atoms with van der Waals surface area (Å²) in [6, 6.07) is 0. The maximum absolute atomic E-state index is 10.8. The van der Waals surface area contributed by atoms with Crippen LogP contribution in [0.25, 0.3) is 0 Å². The molecule has 0 aliphatic carbocycles. The van der Waals surface area contributed by atoms with Crippen molar-refractivity contribution in [3.63, 3.8) is 0 Å². The summed E-state index contributed by atoms with van der Waals surface area (Å²) in [5.74, 6) is -0.0145. The van der Waals surface area contributed by atoms with Crippen LogP contribution in [0.5, 0.6) is 0 Å². The Kier molecular flexibility index (Phi) is 7.50. The van der Waals surface area contributed by atoms with Gasteiger partial charge in [-0.2, -0.15) is 0 Å². The van der Waals surface area contributed by atoms with Gasteiger partial charge in [-0.1, -0.05) is 37.3 Å². The molecule has 0 aliphatic heterocycles. The fraction of sp³-hybridized carbons (Fsp3) is 0.500. The molecule has 0 bridgehead atoms. The second kappa shape index (κ2) is 7.92. The van der Waals surface area contributed by atoms with Gasteiger partial charge in [-0.05, 0) is 18.8 Å². The highest BCUT2D eigenvalue weighted by Crippen LogP contribution is 2.14. The lowest BCUT2D eigenvalue weighted by Gasteiger charge is -2.03. The number of carbonyl (C=O) groups is 1. The Balaban J connectivity index is 4.09. The number of allylic oxidation sites excluding steroid dienone is 2. The predicted molar refractivity (Wildman–Crippen MR) is 59.2 cm³/mol. The SMILES string of the molecule is CC=CSC(=CCCC)NC(C)=O. The molecule has 0 aromatic carbocycles. The molecule has 0 radical (unpaired) electrons. The van der Waals surface area contributed by atoms with E-state index in [0.29, 0.717) is 0 Å². The lowest BCUT2D eigenvalue weighted by molar-refractivity contribution is -0.118. The number of hydrogen-bond acceptors (Lipinski definition) is 2. The van der Waals surface area contributed by atoms with Crippen LogP contribution in [0.4, 0.5) is 0 Å². The Hall–Kier alpha value is -0.700. The number of thioether (sulfide) groups is 1. The second-order valence-corrected chi connectivity index (χ2v) is 3.57. The normalized spacial score (nSPS) is 12.1. The van der Waals surface area contributed by atoms with Crippen LogP contribution in [0.15, 0.2) is 22.6 Å². The van der Waals surface area contributed by atoms with Crippen molar-refractivity contribution >= 4 is 17.7 Å². The molecule has 0 heterocycles. The largest absolute Gasteiger partial charge is 0.321 e. The quantitative estimate of drug-likeness (QED) is 0.737. The van der Waals surface area contributed by atoms with Crippen LogP contribution in [0.3, 0.4) is 0 Å².